The Morgan fingerprint density at radius 1 is 1.14 bits per heavy atom. The number of benzene rings is 1. The van der Waals surface area contributed by atoms with Gasteiger partial charge in [0.15, 0.2) is 0 Å². The van der Waals surface area contributed by atoms with Crippen LogP contribution in [0.15, 0.2) is 48.8 Å². The standard InChI is InChI=1S/C16H12N2O3/c1-10-8-15(12(9-18-10)16(19)20)21-14-6-2-5-13-11(14)4-3-7-17-13/h2-9H,1H3,(H,19,20). The van der Waals surface area contributed by atoms with E-state index in [9.17, 15) is 9.90 Å². The number of carboxylic acids is 1. The van der Waals surface area contributed by atoms with Crippen LogP contribution in [0.5, 0.6) is 11.5 Å². The highest BCUT2D eigenvalue weighted by molar-refractivity contribution is 5.91. The van der Waals surface area contributed by atoms with Crippen molar-refractivity contribution in [3.63, 3.8) is 0 Å². The maximum Gasteiger partial charge on any atom is 0.341 e. The Balaban J connectivity index is 2.11. The number of aromatic nitrogens is 2. The van der Waals surface area contributed by atoms with Crippen molar-refractivity contribution in [3.8, 4) is 11.5 Å². The molecule has 21 heavy (non-hydrogen) atoms. The van der Waals surface area contributed by atoms with Gasteiger partial charge in [-0.2, -0.15) is 0 Å². The van der Waals surface area contributed by atoms with Gasteiger partial charge < -0.3 is 9.84 Å². The molecule has 5 nitrogen and oxygen atoms in total. The molecular weight excluding hydrogens is 268 g/mol. The second-order valence-corrected chi connectivity index (χ2v) is 4.56. The Hall–Kier alpha value is -2.95. The third-order valence-electron chi connectivity index (χ3n) is 3.06. The van der Waals surface area contributed by atoms with Gasteiger partial charge in [-0.1, -0.05) is 6.07 Å². The molecule has 0 aliphatic rings. The van der Waals surface area contributed by atoms with Crippen LogP contribution >= 0.6 is 0 Å². The van der Waals surface area contributed by atoms with Crippen molar-refractivity contribution >= 4 is 16.9 Å². The molecule has 0 fully saturated rings. The molecule has 0 amide bonds. The number of nitrogens with zero attached hydrogens (tertiary/aromatic N) is 2. The SMILES string of the molecule is Cc1cc(Oc2cccc3ncccc23)c(C(=O)O)cn1. The van der Waals surface area contributed by atoms with Crippen molar-refractivity contribution in [3.05, 3.63) is 60.0 Å². The summed E-state index contributed by atoms with van der Waals surface area (Å²) in [6.07, 6.45) is 3.00. The molecular formula is C16H12N2O3. The molecule has 2 heterocycles. The van der Waals surface area contributed by atoms with Crippen LogP contribution in [-0.2, 0) is 0 Å². The first kappa shape index (κ1) is 13.1. The van der Waals surface area contributed by atoms with Gasteiger partial charge in [0.05, 0.1) is 5.52 Å². The van der Waals surface area contributed by atoms with E-state index in [4.69, 9.17) is 4.74 Å². The molecule has 1 aromatic carbocycles. The summed E-state index contributed by atoms with van der Waals surface area (Å²) in [5.74, 6) is -0.240. The van der Waals surface area contributed by atoms with E-state index in [1.54, 1.807) is 25.3 Å². The van der Waals surface area contributed by atoms with Crippen LogP contribution in [0.1, 0.15) is 16.1 Å². The molecule has 0 radical (unpaired) electrons. The number of aromatic carboxylic acids is 1. The number of pyridine rings is 2. The fourth-order valence-electron chi connectivity index (χ4n) is 2.06. The van der Waals surface area contributed by atoms with Gasteiger partial charge in [-0.25, -0.2) is 4.79 Å². The van der Waals surface area contributed by atoms with E-state index in [2.05, 4.69) is 9.97 Å². The van der Waals surface area contributed by atoms with Crippen molar-refractivity contribution in [1.82, 2.24) is 9.97 Å². The number of carbonyl (C=O) groups is 1. The molecule has 3 aromatic rings. The molecule has 0 unspecified atom stereocenters. The Morgan fingerprint density at radius 2 is 2.00 bits per heavy atom. The highest BCUT2D eigenvalue weighted by atomic mass is 16.5. The minimum atomic E-state index is -1.07. The third kappa shape index (κ3) is 2.53. The van der Waals surface area contributed by atoms with Gasteiger partial charge in [0.1, 0.15) is 17.1 Å². The maximum atomic E-state index is 11.3. The average molecular weight is 280 g/mol. The van der Waals surface area contributed by atoms with Gasteiger partial charge in [0.2, 0.25) is 0 Å². The first-order valence-electron chi connectivity index (χ1n) is 6.36. The number of ether oxygens (including phenoxy) is 1. The molecule has 0 atom stereocenters. The van der Waals surface area contributed by atoms with Gasteiger partial charge in [-0.15, -0.1) is 0 Å². The van der Waals surface area contributed by atoms with Gasteiger partial charge >= 0.3 is 5.97 Å². The fraction of sp³-hybridized carbons (Fsp3) is 0.0625. The molecule has 0 spiro atoms. The summed E-state index contributed by atoms with van der Waals surface area (Å²) in [6.45, 7) is 1.78. The van der Waals surface area contributed by atoms with Crippen LogP contribution in [0.25, 0.3) is 10.9 Å². The number of rotatable bonds is 3. The largest absolute Gasteiger partial charge is 0.477 e. The molecule has 0 bridgehead atoms. The molecule has 0 aliphatic heterocycles. The van der Waals surface area contributed by atoms with Crippen molar-refractivity contribution in [2.75, 3.05) is 0 Å². The number of carboxylic acid groups (broad SMARTS) is 1. The predicted octanol–water partition coefficient (Wildman–Crippen LogP) is 3.43. The summed E-state index contributed by atoms with van der Waals surface area (Å²) >= 11 is 0. The van der Waals surface area contributed by atoms with Crippen molar-refractivity contribution in [2.45, 2.75) is 6.92 Å². The van der Waals surface area contributed by atoms with E-state index in [0.29, 0.717) is 11.4 Å². The molecule has 3 rings (SSSR count). The first-order valence-corrected chi connectivity index (χ1v) is 6.36. The normalized spacial score (nSPS) is 10.5. The number of hydrogen-bond acceptors (Lipinski definition) is 4. The van der Waals surface area contributed by atoms with Crippen LogP contribution in [0.3, 0.4) is 0 Å². The second kappa shape index (κ2) is 5.20. The minimum Gasteiger partial charge on any atom is -0.477 e. The molecule has 0 aliphatic carbocycles. The molecule has 0 saturated heterocycles. The summed E-state index contributed by atoms with van der Waals surface area (Å²) in [6, 6.07) is 10.8. The van der Waals surface area contributed by atoms with Crippen LogP contribution in [0, 0.1) is 6.92 Å². The zero-order chi connectivity index (χ0) is 14.8. The van der Waals surface area contributed by atoms with E-state index in [0.717, 1.165) is 10.9 Å². The Kier molecular flexibility index (Phi) is 3.23. The summed E-state index contributed by atoms with van der Waals surface area (Å²) in [5.41, 5.74) is 1.51. The molecule has 2 aromatic heterocycles. The van der Waals surface area contributed by atoms with Gasteiger partial charge in [0.25, 0.3) is 0 Å². The molecule has 5 heteroatoms. The molecule has 1 N–H and O–H groups in total. The summed E-state index contributed by atoms with van der Waals surface area (Å²) in [4.78, 5) is 19.5. The maximum absolute atomic E-state index is 11.3. The smallest absolute Gasteiger partial charge is 0.341 e. The Morgan fingerprint density at radius 3 is 2.81 bits per heavy atom. The summed E-state index contributed by atoms with van der Waals surface area (Å²) < 4.78 is 5.80. The first-order chi connectivity index (χ1) is 10.1. The van der Waals surface area contributed by atoms with Gasteiger partial charge in [0, 0.05) is 29.5 Å². The highest BCUT2D eigenvalue weighted by Gasteiger charge is 2.14. The van der Waals surface area contributed by atoms with E-state index in [-0.39, 0.29) is 11.3 Å². The zero-order valence-electron chi connectivity index (χ0n) is 11.3. The van der Waals surface area contributed by atoms with E-state index >= 15 is 0 Å². The lowest BCUT2D eigenvalue weighted by Gasteiger charge is -2.11. The number of hydrogen-bond donors (Lipinski definition) is 1. The monoisotopic (exact) mass is 280 g/mol. The van der Waals surface area contributed by atoms with Crippen molar-refractivity contribution in [2.24, 2.45) is 0 Å². The fourth-order valence-corrected chi connectivity index (χ4v) is 2.06. The lowest BCUT2D eigenvalue weighted by atomic mass is 10.2. The van der Waals surface area contributed by atoms with Crippen LogP contribution in [0.2, 0.25) is 0 Å². The van der Waals surface area contributed by atoms with Crippen molar-refractivity contribution < 1.29 is 14.6 Å². The topological polar surface area (TPSA) is 72.3 Å². The van der Waals surface area contributed by atoms with Gasteiger partial charge in [-0.3, -0.25) is 9.97 Å². The average Bonchev–Trinajstić information content (AvgIpc) is 2.47. The number of fused-ring (bicyclic) bond motifs is 1. The van der Waals surface area contributed by atoms with Crippen LogP contribution in [0.4, 0.5) is 0 Å². The van der Waals surface area contributed by atoms with E-state index in [1.165, 1.54) is 6.20 Å². The lowest BCUT2D eigenvalue weighted by molar-refractivity contribution is 0.0693. The van der Waals surface area contributed by atoms with Gasteiger partial charge in [-0.05, 0) is 31.2 Å². The van der Waals surface area contributed by atoms with Crippen LogP contribution in [-0.4, -0.2) is 21.0 Å². The zero-order valence-corrected chi connectivity index (χ0v) is 11.3. The van der Waals surface area contributed by atoms with E-state index < -0.39 is 5.97 Å². The molecule has 104 valence electrons. The Labute approximate surface area is 120 Å². The quantitative estimate of drug-likeness (QED) is 0.795. The minimum absolute atomic E-state index is 0.0292. The van der Waals surface area contributed by atoms with E-state index in [1.807, 2.05) is 24.3 Å². The third-order valence-corrected chi connectivity index (χ3v) is 3.06. The second-order valence-electron chi connectivity index (χ2n) is 4.56. The van der Waals surface area contributed by atoms with Crippen molar-refractivity contribution in [1.29, 1.82) is 0 Å². The Bertz CT molecular complexity index is 825. The summed E-state index contributed by atoms with van der Waals surface area (Å²) in [7, 11) is 0. The van der Waals surface area contributed by atoms with Crippen LogP contribution < -0.4 is 4.74 Å². The molecule has 0 saturated carbocycles. The lowest BCUT2D eigenvalue weighted by Crippen LogP contribution is -2.02. The summed E-state index contributed by atoms with van der Waals surface area (Å²) in [5, 5.41) is 10.0. The highest BCUT2D eigenvalue weighted by Crippen LogP contribution is 2.31. The predicted molar refractivity (Wildman–Crippen MR) is 77.8 cm³/mol. The number of aryl methyl sites for hydroxylation is 1.